The summed E-state index contributed by atoms with van der Waals surface area (Å²) in [6.07, 6.45) is 2.16. The fraction of sp³-hybridized carbons (Fsp3) is 0.375. The van der Waals surface area contributed by atoms with Gasteiger partial charge in [-0.25, -0.2) is 0 Å². The van der Waals surface area contributed by atoms with Crippen LogP contribution in [0.4, 0.5) is 0 Å². The summed E-state index contributed by atoms with van der Waals surface area (Å²) in [4.78, 5) is 0. The van der Waals surface area contributed by atoms with Gasteiger partial charge in [0.15, 0.2) is 0 Å². The minimum absolute atomic E-state index is 0.217. The van der Waals surface area contributed by atoms with E-state index in [1.54, 1.807) is 0 Å². The Balaban J connectivity index is 2.02. The van der Waals surface area contributed by atoms with Gasteiger partial charge in [0.25, 0.3) is 0 Å². The van der Waals surface area contributed by atoms with Crippen LogP contribution >= 0.6 is 0 Å². The van der Waals surface area contributed by atoms with Crippen molar-refractivity contribution in [1.82, 2.24) is 0 Å². The topological polar surface area (TPSA) is 0 Å². The highest BCUT2D eigenvalue weighted by atomic mass is 14.3. The predicted molar refractivity (Wildman–Crippen MR) is 142 cm³/mol. The van der Waals surface area contributed by atoms with E-state index in [0.717, 1.165) is 12.8 Å². The number of rotatable bonds is 2. The van der Waals surface area contributed by atoms with E-state index >= 15 is 0 Å². The zero-order valence-corrected chi connectivity index (χ0v) is 21.0. The Morgan fingerprint density at radius 2 is 1.19 bits per heavy atom. The van der Waals surface area contributed by atoms with Crippen LogP contribution in [0.5, 0.6) is 0 Å². The van der Waals surface area contributed by atoms with Gasteiger partial charge in [0.2, 0.25) is 0 Å². The van der Waals surface area contributed by atoms with Gasteiger partial charge in [-0.15, -0.1) is 0 Å². The third kappa shape index (κ3) is 3.36. The molecule has 1 aliphatic rings. The molecule has 32 heavy (non-hydrogen) atoms. The molecule has 1 aliphatic carbocycles. The SMILES string of the molecule is Cc1ccc2c(CC(C)(C)C)c3c(c(CC(C)(C)C)c2c1)-c1ccc(C)c2cccc-3c12. The lowest BCUT2D eigenvalue weighted by atomic mass is 9.76. The van der Waals surface area contributed by atoms with Crippen molar-refractivity contribution in [3.63, 3.8) is 0 Å². The van der Waals surface area contributed by atoms with Gasteiger partial charge in [-0.05, 0) is 98.0 Å². The highest BCUT2D eigenvalue weighted by molar-refractivity contribution is 6.20. The number of benzene rings is 4. The molecule has 0 saturated heterocycles. The minimum atomic E-state index is 0.217. The van der Waals surface area contributed by atoms with Crippen molar-refractivity contribution < 1.29 is 0 Å². The molecule has 0 radical (unpaired) electrons. The summed E-state index contributed by atoms with van der Waals surface area (Å²) < 4.78 is 0. The molecular formula is C32H36. The zero-order valence-electron chi connectivity index (χ0n) is 21.0. The Morgan fingerprint density at radius 1 is 0.594 bits per heavy atom. The number of hydrogen-bond acceptors (Lipinski definition) is 0. The van der Waals surface area contributed by atoms with Crippen LogP contribution in [0.25, 0.3) is 43.8 Å². The van der Waals surface area contributed by atoms with Crippen LogP contribution in [0, 0.1) is 24.7 Å². The Bertz CT molecular complexity index is 1380. The van der Waals surface area contributed by atoms with E-state index in [1.807, 2.05) is 0 Å². The summed E-state index contributed by atoms with van der Waals surface area (Å²) in [6, 6.07) is 18.8. The molecule has 0 N–H and O–H groups in total. The molecule has 0 heteroatoms. The second-order valence-electron chi connectivity index (χ2n) is 12.4. The lowest BCUT2D eigenvalue weighted by Gasteiger charge is -2.27. The van der Waals surface area contributed by atoms with Gasteiger partial charge in [-0.1, -0.05) is 95.6 Å². The number of aryl methyl sites for hydroxylation is 2. The monoisotopic (exact) mass is 420 g/mol. The van der Waals surface area contributed by atoms with Gasteiger partial charge in [-0.3, -0.25) is 0 Å². The molecule has 5 rings (SSSR count). The highest BCUT2D eigenvalue weighted by Crippen LogP contribution is 2.54. The van der Waals surface area contributed by atoms with Gasteiger partial charge in [0.05, 0.1) is 0 Å². The molecule has 4 aromatic carbocycles. The largest absolute Gasteiger partial charge is 0.0610 e. The number of fused-ring (bicyclic) bond motifs is 4. The van der Waals surface area contributed by atoms with Crippen LogP contribution in [0.3, 0.4) is 0 Å². The maximum atomic E-state index is 2.44. The van der Waals surface area contributed by atoms with Gasteiger partial charge in [0, 0.05) is 0 Å². The average Bonchev–Trinajstić information content (AvgIpc) is 3.01. The Kier molecular flexibility index (Phi) is 4.61. The van der Waals surface area contributed by atoms with Crippen molar-refractivity contribution in [2.24, 2.45) is 10.8 Å². The van der Waals surface area contributed by atoms with Crippen LogP contribution in [-0.2, 0) is 12.8 Å². The van der Waals surface area contributed by atoms with Gasteiger partial charge in [0.1, 0.15) is 0 Å². The first-order valence-electron chi connectivity index (χ1n) is 12.1. The maximum absolute atomic E-state index is 2.44. The third-order valence-corrected chi connectivity index (χ3v) is 6.89. The molecule has 0 nitrogen and oxygen atoms in total. The molecule has 0 spiro atoms. The van der Waals surface area contributed by atoms with Crippen molar-refractivity contribution in [3.05, 3.63) is 70.8 Å². The Morgan fingerprint density at radius 3 is 1.81 bits per heavy atom. The molecule has 0 bridgehead atoms. The van der Waals surface area contributed by atoms with Gasteiger partial charge >= 0.3 is 0 Å². The number of hydrogen-bond donors (Lipinski definition) is 0. The van der Waals surface area contributed by atoms with Crippen molar-refractivity contribution in [2.45, 2.75) is 68.2 Å². The average molecular weight is 421 g/mol. The van der Waals surface area contributed by atoms with Gasteiger partial charge in [-0.2, -0.15) is 0 Å². The van der Waals surface area contributed by atoms with E-state index in [-0.39, 0.29) is 10.8 Å². The van der Waals surface area contributed by atoms with Crippen molar-refractivity contribution in [2.75, 3.05) is 0 Å². The van der Waals surface area contributed by atoms with Crippen LogP contribution in [0.15, 0.2) is 48.5 Å². The molecule has 0 aromatic heterocycles. The molecule has 164 valence electrons. The molecule has 0 saturated carbocycles. The van der Waals surface area contributed by atoms with Crippen LogP contribution in [0.2, 0.25) is 0 Å². The standard InChI is InChI=1S/C32H36/c1-19-12-14-22-25(16-19)27(18-32(6,7)8)30-24-15-13-20(2)21-10-9-11-23(28(21)24)29(30)26(22)17-31(3,4)5/h9-16H,17-18H2,1-8H3. The zero-order chi connectivity index (χ0) is 23.0. The first-order valence-corrected chi connectivity index (χ1v) is 12.1. The van der Waals surface area contributed by atoms with Crippen molar-refractivity contribution in [1.29, 1.82) is 0 Å². The maximum Gasteiger partial charge on any atom is -0.00235 e. The summed E-state index contributed by atoms with van der Waals surface area (Å²) in [6.45, 7) is 18.7. The van der Waals surface area contributed by atoms with E-state index in [0.29, 0.717) is 0 Å². The van der Waals surface area contributed by atoms with E-state index in [2.05, 4.69) is 104 Å². The fourth-order valence-corrected chi connectivity index (χ4v) is 5.73. The summed E-state index contributed by atoms with van der Waals surface area (Å²) in [5.74, 6) is 0. The Labute approximate surface area is 193 Å². The second-order valence-corrected chi connectivity index (χ2v) is 12.4. The molecule has 0 heterocycles. The normalized spacial score (nSPS) is 13.2. The molecule has 0 fully saturated rings. The quantitative estimate of drug-likeness (QED) is 0.267. The van der Waals surface area contributed by atoms with Crippen LogP contribution in [-0.4, -0.2) is 0 Å². The summed E-state index contributed by atoms with van der Waals surface area (Å²) >= 11 is 0. The van der Waals surface area contributed by atoms with Crippen molar-refractivity contribution >= 4 is 21.5 Å². The predicted octanol–water partition coefficient (Wildman–Crippen LogP) is 9.43. The third-order valence-electron chi connectivity index (χ3n) is 6.89. The Hall–Kier alpha value is -2.60. The van der Waals surface area contributed by atoms with E-state index in [1.165, 1.54) is 66.1 Å². The van der Waals surface area contributed by atoms with E-state index in [4.69, 9.17) is 0 Å². The summed E-state index contributed by atoms with van der Waals surface area (Å²) in [7, 11) is 0. The molecular weight excluding hydrogens is 384 g/mol. The van der Waals surface area contributed by atoms with Gasteiger partial charge < -0.3 is 0 Å². The minimum Gasteiger partial charge on any atom is -0.0610 e. The molecule has 4 aromatic rings. The van der Waals surface area contributed by atoms with Crippen LogP contribution < -0.4 is 0 Å². The lowest BCUT2D eigenvalue weighted by molar-refractivity contribution is 0.410. The first-order chi connectivity index (χ1) is 14.9. The lowest BCUT2D eigenvalue weighted by Crippen LogP contribution is -2.14. The molecule has 0 aliphatic heterocycles. The smallest absolute Gasteiger partial charge is 0.00235 e. The fourth-order valence-electron chi connectivity index (χ4n) is 5.73. The highest BCUT2D eigenvalue weighted by Gasteiger charge is 2.32. The summed E-state index contributed by atoms with van der Waals surface area (Å²) in [5.41, 5.74) is 12.1. The molecule has 0 unspecified atom stereocenters. The summed E-state index contributed by atoms with van der Waals surface area (Å²) in [5, 5.41) is 5.77. The molecule has 0 atom stereocenters. The van der Waals surface area contributed by atoms with E-state index < -0.39 is 0 Å². The molecule has 0 amide bonds. The van der Waals surface area contributed by atoms with Crippen molar-refractivity contribution in [3.8, 4) is 22.3 Å². The first kappa shape index (κ1) is 21.3. The second kappa shape index (κ2) is 6.95. The van der Waals surface area contributed by atoms with Crippen LogP contribution in [0.1, 0.15) is 63.8 Å². The van der Waals surface area contributed by atoms with E-state index in [9.17, 15) is 0 Å².